The molecule has 0 aromatic rings. The zero-order chi connectivity index (χ0) is 0. The van der Waals surface area contributed by atoms with Crippen LogP contribution in [0.15, 0.2) is 0 Å². The first-order chi connectivity index (χ1) is 0. The largest absolute Gasteiger partial charge is 0 e. The molecule has 0 saturated carbocycles. The van der Waals surface area contributed by atoms with Crippen molar-refractivity contribution in [2.75, 3.05) is 0 Å². The van der Waals surface area contributed by atoms with Crippen molar-refractivity contribution in [2.45, 2.75) is 0 Å². The van der Waals surface area contributed by atoms with E-state index in [4.69, 9.17) is 0 Å². The van der Waals surface area contributed by atoms with Gasteiger partial charge in [-0.25, -0.2) is 0 Å². The molecule has 0 aliphatic carbocycles. The second kappa shape index (κ2) is 39.3. The van der Waals surface area contributed by atoms with E-state index >= 15 is 0 Å². The first-order valence-electron chi connectivity index (χ1n) is 0. The van der Waals surface area contributed by atoms with E-state index in [9.17, 15) is 0 Å². The van der Waals surface area contributed by atoms with E-state index in [0.29, 0.717) is 0 Å². The van der Waals surface area contributed by atoms with E-state index in [1.165, 1.54) is 0 Å². The van der Waals surface area contributed by atoms with Crippen molar-refractivity contribution in [1.82, 2.24) is 0 Å². The third-order valence-corrected chi connectivity index (χ3v) is 0. The van der Waals surface area contributed by atoms with Gasteiger partial charge in [-0.1, -0.05) is 0 Å². The van der Waals surface area contributed by atoms with Crippen LogP contribution in [0.3, 0.4) is 0 Å². The van der Waals surface area contributed by atoms with Crippen LogP contribution in [0, 0.1) is 175 Å². The molecule has 44 valence electrons. The van der Waals surface area contributed by atoms with Gasteiger partial charge in [0, 0.05) is 192 Å². The Kier molecular flexibility index (Phi) is 281. The predicted molar refractivity (Wildman–Crippen MR) is 0 cm³/mol. The Bertz CT molecular complexity index is 4.14. The summed E-state index contributed by atoms with van der Waals surface area (Å²) in [7, 11) is 0. The molecule has 0 nitrogen and oxygen atoms in total. The van der Waals surface area contributed by atoms with Crippen LogP contribution in [0.25, 0.3) is 0 Å². The predicted octanol–water partition coefficient (Wildman–Crippen LogP) is -0.00250. The summed E-state index contributed by atoms with van der Waals surface area (Å²) in [5, 5.41) is 0. The fourth-order valence-electron chi connectivity index (χ4n) is 0. The summed E-state index contributed by atoms with van der Waals surface area (Å²) >= 11 is 0. The summed E-state index contributed by atoms with van der Waals surface area (Å²) in [5.41, 5.74) is 0. The summed E-state index contributed by atoms with van der Waals surface area (Å²) < 4.78 is 0. The van der Waals surface area contributed by atoms with Crippen LogP contribution in [0.4, 0.5) is 0 Å². The van der Waals surface area contributed by atoms with E-state index < -0.39 is 0 Å². The van der Waals surface area contributed by atoms with Crippen molar-refractivity contribution in [3.8, 4) is 0 Å². The van der Waals surface area contributed by atoms with E-state index in [-0.39, 0.29) is 192 Å². The Hall–Kier alpha value is 6.44. The fourth-order valence-corrected chi connectivity index (χ4v) is 0. The molecule has 0 aromatic heterocycles. The Morgan fingerprint density at radius 1 is 0.286 bits per heavy atom. The maximum atomic E-state index is 0. The van der Waals surface area contributed by atoms with Gasteiger partial charge in [0.1, 0.15) is 0 Å². The molecule has 0 atom stereocenters. The third kappa shape index (κ3) is 32.7. The van der Waals surface area contributed by atoms with Gasteiger partial charge in [0.15, 0.2) is 0 Å². The van der Waals surface area contributed by atoms with Crippen LogP contribution in [-0.2, 0) is 17.1 Å². The molecule has 7 heavy (non-hydrogen) atoms. The second-order valence-corrected chi connectivity index (χ2v) is 0. The normalized spacial score (nSPS) is 0. The van der Waals surface area contributed by atoms with Crippen LogP contribution in [-0.4, -0.2) is 0 Å². The van der Waals surface area contributed by atoms with Crippen LogP contribution in [0.1, 0.15) is 0 Å². The van der Waals surface area contributed by atoms with Crippen molar-refractivity contribution >= 4 is 0 Å². The van der Waals surface area contributed by atoms with Gasteiger partial charge in [0.25, 0.3) is 0 Å². The average Bonchev–Trinajstić information content (AvgIpc) is 0. The summed E-state index contributed by atoms with van der Waals surface area (Å²) in [6, 6.07) is 0. The van der Waals surface area contributed by atoms with Crippen molar-refractivity contribution < 1.29 is 192 Å². The molecular weight excluding hydrogens is 1520 g/mol. The topological polar surface area (TPSA) is 0 Å². The number of hydrogen-bond donors (Lipinski definition) is 0. The minimum Gasteiger partial charge on any atom is 0 e. The monoisotopic (exact) mass is 1480 g/mol. The molecule has 0 aliphatic rings. The molecule has 0 unspecified atom stereocenters. The molecule has 0 heterocycles. The summed E-state index contributed by atoms with van der Waals surface area (Å²) in [6.45, 7) is 0. The summed E-state index contributed by atoms with van der Waals surface area (Å²) in [5.74, 6) is 0. The molecule has 0 fully saturated rings. The van der Waals surface area contributed by atoms with Crippen LogP contribution in [0.2, 0.25) is 0 Å². The molecular formula is FePu6. The van der Waals surface area contributed by atoms with Gasteiger partial charge in [-0.2, -0.15) is 0 Å². The Morgan fingerprint density at radius 3 is 0.286 bits per heavy atom. The smallest absolute Gasteiger partial charge is 0 e. The quantitative estimate of drug-likeness (QED) is 0.301. The first kappa shape index (κ1) is 50.1. The molecule has 0 saturated heterocycles. The van der Waals surface area contributed by atoms with Crippen LogP contribution in [0.5, 0.6) is 0 Å². The zero-order valence-electron chi connectivity index (χ0n) is 2.80. The number of hydrogen-bond acceptors (Lipinski definition) is 0. The molecule has 0 N–H and O–H groups in total. The van der Waals surface area contributed by atoms with Gasteiger partial charge in [0.05, 0.1) is 0 Å². The molecule has 0 amide bonds. The van der Waals surface area contributed by atoms with E-state index in [1.807, 2.05) is 0 Å². The molecule has 0 spiro atoms. The van der Waals surface area contributed by atoms with Crippen molar-refractivity contribution in [3.63, 3.8) is 0 Å². The molecule has 0 aliphatic heterocycles. The molecule has 0 rings (SSSR count). The SMILES string of the molecule is [Fe].[Pu].[Pu].[Pu].[Pu].[Pu].[Pu]. The van der Waals surface area contributed by atoms with E-state index in [2.05, 4.69) is 0 Å². The third-order valence-electron chi connectivity index (χ3n) is 0. The van der Waals surface area contributed by atoms with Gasteiger partial charge in [-0.05, 0) is 0 Å². The number of rotatable bonds is 0. The first-order valence-corrected chi connectivity index (χ1v) is 0. The molecule has 0 bridgehead atoms. The van der Waals surface area contributed by atoms with Gasteiger partial charge >= 0.3 is 0 Å². The maximum absolute atomic E-state index is 0. The zero-order valence-corrected chi connectivity index (χ0v) is 24.3. The second-order valence-electron chi connectivity index (χ2n) is 0. The minimum absolute atomic E-state index is 0. The van der Waals surface area contributed by atoms with Gasteiger partial charge in [0.2, 0.25) is 0 Å². The van der Waals surface area contributed by atoms with Crippen molar-refractivity contribution in [1.29, 1.82) is 0 Å². The van der Waals surface area contributed by atoms with Gasteiger partial charge in [-0.3, -0.25) is 0 Å². The Labute approximate surface area is 186 Å². The van der Waals surface area contributed by atoms with Crippen LogP contribution >= 0.6 is 0 Å². The summed E-state index contributed by atoms with van der Waals surface area (Å²) in [6.07, 6.45) is 0. The Morgan fingerprint density at radius 2 is 0.286 bits per heavy atom. The molecule has 7 heteroatoms. The molecule has 0 aromatic carbocycles. The Balaban J connectivity index is 0. The summed E-state index contributed by atoms with van der Waals surface area (Å²) in [4.78, 5) is 0. The van der Waals surface area contributed by atoms with E-state index in [1.54, 1.807) is 0 Å². The standard InChI is InChI=1S/Fe.6Pu. The van der Waals surface area contributed by atoms with Gasteiger partial charge in [-0.15, -0.1) is 0 Å². The van der Waals surface area contributed by atoms with Crippen molar-refractivity contribution in [2.24, 2.45) is 0 Å². The van der Waals surface area contributed by atoms with Crippen molar-refractivity contribution in [3.05, 3.63) is 0 Å². The van der Waals surface area contributed by atoms with Crippen LogP contribution < -0.4 is 0 Å². The maximum Gasteiger partial charge on any atom is 0 e. The minimum atomic E-state index is 0. The molecule has 0 radical (unpaired) electrons. The van der Waals surface area contributed by atoms with E-state index in [0.717, 1.165) is 0 Å². The average molecular weight is 1520 g/mol. The fraction of sp³-hybridized carbons (Fsp3) is 0. The van der Waals surface area contributed by atoms with Gasteiger partial charge < -0.3 is 0 Å².